The summed E-state index contributed by atoms with van der Waals surface area (Å²) >= 11 is 0. The van der Waals surface area contributed by atoms with Crippen LogP contribution in [0.25, 0.3) is 0 Å². The van der Waals surface area contributed by atoms with Gasteiger partial charge in [-0.15, -0.1) is 0 Å². The average Bonchev–Trinajstić information content (AvgIpc) is 2.61. The molecule has 1 fully saturated rings. The van der Waals surface area contributed by atoms with Crippen molar-refractivity contribution in [3.8, 4) is 0 Å². The normalized spacial score (nSPS) is 16.7. The Morgan fingerprint density at radius 2 is 1.92 bits per heavy atom. The number of carbonyl (C=O) groups excluding carboxylic acids is 2. The summed E-state index contributed by atoms with van der Waals surface area (Å²) < 4.78 is 0. The molecule has 0 saturated carbocycles. The summed E-state index contributed by atoms with van der Waals surface area (Å²) in [6.45, 7) is 3.71. The highest BCUT2D eigenvalue weighted by molar-refractivity contribution is 5.75. The van der Waals surface area contributed by atoms with E-state index in [9.17, 15) is 14.7 Å². The third kappa shape index (κ3) is 5.96. The molecule has 1 aliphatic heterocycles. The van der Waals surface area contributed by atoms with Crippen LogP contribution < -0.4 is 5.32 Å². The van der Waals surface area contributed by atoms with E-state index < -0.39 is 6.10 Å². The van der Waals surface area contributed by atoms with Gasteiger partial charge in [0.1, 0.15) is 0 Å². The van der Waals surface area contributed by atoms with Crippen LogP contribution in [0.3, 0.4) is 0 Å². The number of amides is 2. The smallest absolute Gasteiger partial charge is 0.220 e. The highest BCUT2D eigenvalue weighted by Crippen LogP contribution is 2.22. The third-order valence-electron chi connectivity index (χ3n) is 4.76. The maximum Gasteiger partial charge on any atom is 0.220 e. The highest BCUT2D eigenvalue weighted by atomic mass is 16.3. The van der Waals surface area contributed by atoms with E-state index in [1.807, 2.05) is 35.2 Å². The van der Waals surface area contributed by atoms with Crippen LogP contribution in [0.5, 0.6) is 0 Å². The van der Waals surface area contributed by atoms with Crippen molar-refractivity contribution in [1.29, 1.82) is 0 Å². The summed E-state index contributed by atoms with van der Waals surface area (Å²) in [7, 11) is 0. The lowest BCUT2D eigenvalue weighted by Gasteiger charge is -2.31. The fraction of sp³-hybridized carbons (Fsp3) is 0.579. The molecule has 0 radical (unpaired) electrons. The van der Waals surface area contributed by atoms with Crippen molar-refractivity contribution in [3.05, 3.63) is 35.9 Å². The van der Waals surface area contributed by atoms with Gasteiger partial charge in [0.05, 0.1) is 6.10 Å². The van der Waals surface area contributed by atoms with Gasteiger partial charge in [-0.25, -0.2) is 0 Å². The Morgan fingerprint density at radius 1 is 1.25 bits per heavy atom. The number of aliphatic hydroxyl groups is 1. The van der Waals surface area contributed by atoms with E-state index in [-0.39, 0.29) is 11.8 Å². The van der Waals surface area contributed by atoms with E-state index in [0.717, 1.165) is 37.9 Å². The van der Waals surface area contributed by atoms with Crippen LogP contribution in [-0.2, 0) is 9.59 Å². The fourth-order valence-corrected chi connectivity index (χ4v) is 3.15. The van der Waals surface area contributed by atoms with Crippen molar-refractivity contribution < 1.29 is 14.7 Å². The molecule has 2 amide bonds. The second-order valence-corrected chi connectivity index (χ2v) is 6.55. The Labute approximate surface area is 144 Å². The minimum atomic E-state index is -0.539. The number of rotatable bonds is 7. The molecule has 132 valence electrons. The van der Waals surface area contributed by atoms with Crippen LogP contribution in [0.4, 0.5) is 0 Å². The first-order valence-corrected chi connectivity index (χ1v) is 8.81. The van der Waals surface area contributed by atoms with Gasteiger partial charge in [-0.2, -0.15) is 0 Å². The van der Waals surface area contributed by atoms with Crippen molar-refractivity contribution in [1.82, 2.24) is 10.2 Å². The van der Waals surface area contributed by atoms with Gasteiger partial charge in [0.25, 0.3) is 0 Å². The molecule has 1 aromatic carbocycles. The van der Waals surface area contributed by atoms with Crippen LogP contribution >= 0.6 is 0 Å². The summed E-state index contributed by atoms with van der Waals surface area (Å²) in [6, 6.07) is 9.49. The Bertz CT molecular complexity index is 525. The molecule has 2 N–H and O–H groups in total. The molecule has 1 aromatic rings. The first-order chi connectivity index (χ1) is 11.6. The minimum Gasteiger partial charge on any atom is -0.388 e. The molecule has 5 heteroatoms. The molecule has 5 nitrogen and oxygen atoms in total. The molecule has 24 heavy (non-hydrogen) atoms. The minimum absolute atomic E-state index is 0.0456. The molecule has 1 unspecified atom stereocenters. The first-order valence-electron chi connectivity index (χ1n) is 8.81. The topological polar surface area (TPSA) is 69.6 Å². The van der Waals surface area contributed by atoms with E-state index >= 15 is 0 Å². The molecule has 0 spiro atoms. The zero-order valence-corrected chi connectivity index (χ0v) is 14.4. The maximum atomic E-state index is 11.9. The monoisotopic (exact) mass is 332 g/mol. The van der Waals surface area contributed by atoms with E-state index in [4.69, 9.17) is 0 Å². The molecule has 0 aliphatic carbocycles. The van der Waals surface area contributed by atoms with Crippen molar-refractivity contribution in [2.24, 2.45) is 5.92 Å². The van der Waals surface area contributed by atoms with Gasteiger partial charge in [-0.05, 0) is 37.2 Å². The second kappa shape index (κ2) is 9.42. The van der Waals surface area contributed by atoms with Gasteiger partial charge in [-0.1, -0.05) is 30.3 Å². The first kappa shape index (κ1) is 18.5. The Balaban J connectivity index is 1.58. The van der Waals surface area contributed by atoms with Crippen molar-refractivity contribution in [2.45, 2.75) is 45.1 Å². The number of nitrogens with zero attached hydrogens (tertiary/aromatic N) is 1. The zero-order valence-electron chi connectivity index (χ0n) is 14.4. The average molecular weight is 332 g/mol. The molecule has 0 bridgehead atoms. The van der Waals surface area contributed by atoms with Gasteiger partial charge in [0, 0.05) is 33.0 Å². The van der Waals surface area contributed by atoms with Crippen molar-refractivity contribution in [3.63, 3.8) is 0 Å². The molecule has 1 saturated heterocycles. The lowest BCUT2D eigenvalue weighted by Crippen LogP contribution is -2.37. The highest BCUT2D eigenvalue weighted by Gasteiger charge is 2.21. The second-order valence-electron chi connectivity index (χ2n) is 6.55. The summed E-state index contributed by atoms with van der Waals surface area (Å²) in [5.74, 6) is 0.716. The lowest BCUT2D eigenvalue weighted by molar-refractivity contribution is -0.130. The molecule has 1 aliphatic rings. The van der Waals surface area contributed by atoms with Gasteiger partial charge in [0.15, 0.2) is 0 Å². The zero-order chi connectivity index (χ0) is 17.4. The molecular weight excluding hydrogens is 304 g/mol. The number of carbonyl (C=O) groups is 2. The van der Waals surface area contributed by atoms with Gasteiger partial charge >= 0.3 is 0 Å². The van der Waals surface area contributed by atoms with E-state index in [0.29, 0.717) is 25.3 Å². The molecule has 0 aromatic heterocycles. The largest absolute Gasteiger partial charge is 0.388 e. The number of piperidine rings is 1. The predicted molar refractivity (Wildman–Crippen MR) is 93.2 cm³/mol. The lowest BCUT2D eigenvalue weighted by atomic mass is 9.92. The Morgan fingerprint density at radius 3 is 2.54 bits per heavy atom. The quantitative estimate of drug-likeness (QED) is 0.805. The van der Waals surface area contributed by atoms with Crippen LogP contribution in [0.1, 0.15) is 50.7 Å². The van der Waals surface area contributed by atoms with Gasteiger partial charge in [0.2, 0.25) is 11.8 Å². The van der Waals surface area contributed by atoms with Gasteiger partial charge < -0.3 is 15.3 Å². The number of hydrogen-bond donors (Lipinski definition) is 2. The van der Waals surface area contributed by atoms with E-state index in [1.165, 1.54) is 0 Å². The standard InChI is InChI=1S/C19H28N2O3/c1-15(22)21-13-10-16(11-14-21)7-8-19(24)20-12-9-18(23)17-5-3-2-4-6-17/h2-6,16,18,23H,7-14H2,1H3,(H,20,24). The summed E-state index contributed by atoms with van der Waals surface area (Å²) in [5, 5.41) is 12.9. The van der Waals surface area contributed by atoms with Crippen molar-refractivity contribution in [2.75, 3.05) is 19.6 Å². The van der Waals surface area contributed by atoms with Crippen LogP contribution in [-0.4, -0.2) is 41.5 Å². The number of likely N-dealkylation sites (tertiary alicyclic amines) is 1. The van der Waals surface area contributed by atoms with Crippen LogP contribution in [0.2, 0.25) is 0 Å². The summed E-state index contributed by atoms with van der Waals surface area (Å²) in [6.07, 6.45) is 3.35. The Kier molecular flexibility index (Phi) is 7.25. The fourth-order valence-electron chi connectivity index (χ4n) is 3.15. The summed E-state index contributed by atoms with van der Waals surface area (Å²) in [4.78, 5) is 25.1. The van der Waals surface area contributed by atoms with Crippen LogP contribution in [0.15, 0.2) is 30.3 Å². The van der Waals surface area contributed by atoms with E-state index in [2.05, 4.69) is 5.32 Å². The van der Waals surface area contributed by atoms with Gasteiger partial charge in [-0.3, -0.25) is 9.59 Å². The number of hydrogen-bond acceptors (Lipinski definition) is 3. The SMILES string of the molecule is CC(=O)N1CCC(CCC(=O)NCCC(O)c2ccccc2)CC1. The van der Waals surface area contributed by atoms with Crippen molar-refractivity contribution >= 4 is 11.8 Å². The molecule has 2 rings (SSSR count). The molecule has 1 atom stereocenters. The third-order valence-corrected chi connectivity index (χ3v) is 4.76. The Hall–Kier alpha value is -1.88. The van der Waals surface area contributed by atoms with E-state index in [1.54, 1.807) is 6.92 Å². The maximum absolute atomic E-state index is 11.9. The number of aliphatic hydroxyl groups excluding tert-OH is 1. The predicted octanol–water partition coefficient (Wildman–Crippen LogP) is 2.27. The summed E-state index contributed by atoms with van der Waals surface area (Å²) in [5.41, 5.74) is 0.879. The molecular formula is C19H28N2O3. The molecule has 1 heterocycles. The number of benzene rings is 1. The van der Waals surface area contributed by atoms with Crippen LogP contribution in [0, 0.1) is 5.92 Å². The number of nitrogens with one attached hydrogen (secondary N) is 1.